The predicted molar refractivity (Wildman–Crippen MR) is 87.7 cm³/mol. The summed E-state index contributed by atoms with van der Waals surface area (Å²) < 4.78 is 5.58. The average Bonchev–Trinajstić information content (AvgIpc) is 3.00. The zero-order chi connectivity index (χ0) is 16.7. The number of carbonyl (C=O) groups is 2. The van der Waals surface area contributed by atoms with E-state index in [1.54, 1.807) is 18.3 Å². The number of amides is 2. The van der Waals surface area contributed by atoms with Gasteiger partial charge in [0.15, 0.2) is 0 Å². The van der Waals surface area contributed by atoms with Gasteiger partial charge < -0.3 is 20.3 Å². The minimum atomic E-state index is -0.410. The van der Waals surface area contributed by atoms with Gasteiger partial charge in [-0.2, -0.15) is 0 Å². The molecule has 0 aliphatic carbocycles. The van der Waals surface area contributed by atoms with Crippen LogP contribution in [-0.4, -0.2) is 59.1 Å². The molecule has 4 atom stereocenters. The Morgan fingerprint density at radius 3 is 2.75 bits per heavy atom. The monoisotopic (exact) mass is 330 g/mol. The van der Waals surface area contributed by atoms with E-state index in [0.717, 1.165) is 32.4 Å². The van der Waals surface area contributed by atoms with Crippen molar-refractivity contribution in [1.82, 2.24) is 15.2 Å². The third-order valence-electron chi connectivity index (χ3n) is 4.98. The Morgan fingerprint density at radius 2 is 2.08 bits per heavy atom. The number of piperazine rings is 1. The molecule has 1 aromatic rings. The number of nitrogens with one attached hydrogen (secondary N) is 2. The Balaban J connectivity index is 1.41. The summed E-state index contributed by atoms with van der Waals surface area (Å²) in [4.78, 5) is 30.8. The van der Waals surface area contributed by atoms with E-state index < -0.39 is 6.10 Å². The molecule has 7 nitrogen and oxygen atoms in total. The molecule has 24 heavy (non-hydrogen) atoms. The van der Waals surface area contributed by atoms with Gasteiger partial charge in [-0.3, -0.25) is 14.6 Å². The van der Waals surface area contributed by atoms with E-state index in [0.29, 0.717) is 23.5 Å². The maximum absolute atomic E-state index is 12.6. The number of hydrogen-bond acceptors (Lipinski definition) is 5. The molecular weight excluding hydrogens is 308 g/mol. The van der Waals surface area contributed by atoms with Gasteiger partial charge in [-0.05, 0) is 38.3 Å². The molecule has 4 aliphatic heterocycles. The number of rotatable bonds is 3. The van der Waals surface area contributed by atoms with Crippen LogP contribution in [-0.2, 0) is 9.53 Å². The number of hydrogen-bond donors (Lipinski definition) is 2. The number of anilines is 1. The SMILES string of the molecule is CC1CCC(C(=O)Nc2ccnc(C(=O)N3CC4CC(C3)N4)c2)O1. The molecule has 4 aliphatic rings. The number of pyridine rings is 1. The second kappa shape index (κ2) is 6.14. The van der Waals surface area contributed by atoms with Gasteiger partial charge in [0.25, 0.3) is 11.8 Å². The average molecular weight is 330 g/mol. The smallest absolute Gasteiger partial charge is 0.272 e. The maximum atomic E-state index is 12.6. The Kier molecular flexibility index (Phi) is 3.97. The molecule has 5 heterocycles. The molecule has 0 saturated carbocycles. The van der Waals surface area contributed by atoms with E-state index in [1.165, 1.54) is 0 Å². The summed E-state index contributed by atoms with van der Waals surface area (Å²) in [6.45, 7) is 3.41. The van der Waals surface area contributed by atoms with E-state index in [1.807, 2.05) is 11.8 Å². The molecule has 4 fully saturated rings. The summed E-state index contributed by atoms with van der Waals surface area (Å²) in [5, 5.41) is 6.24. The molecule has 128 valence electrons. The topological polar surface area (TPSA) is 83.6 Å². The van der Waals surface area contributed by atoms with Crippen molar-refractivity contribution in [1.29, 1.82) is 0 Å². The molecular formula is C17H22N4O3. The van der Waals surface area contributed by atoms with E-state index >= 15 is 0 Å². The van der Waals surface area contributed by atoms with E-state index in [9.17, 15) is 9.59 Å². The van der Waals surface area contributed by atoms with Crippen LogP contribution >= 0.6 is 0 Å². The maximum Gasteiger partial charge on any atom is 0.272 e. The molecule has 0 aromatic carbocycles. The molecule has 4 unspecified atom stereocenters. The summed E-state index contributed by atoms with van der Waals surface area (Å²) in [6, 6.07) is 4.17. The standard InChI is InChI=1S/C17H22N4O3/c1-10-2-3-15(24-10)16(22)20-11-4-5-18-14(7-11)17(23)21-8-12-6-13(9-21)19-12/h4-5,7,10,12-13,15,19H,2-3,6,8-9H2,1H3,(H,18,20,22). The first-order valence-electron chi connectivity index (χ1n) is 8.56. The van der Waals surface area contributed by atoms with Crippen molar-refractivity contribution in [3.05, 3.63) is 24.0 Å². The molecule has 2 bridgehead atoms. The molecule has 0 radical (unpaired) electrons. The van der Waals surface area contributed by atoms with Gasteiger partial charge in [0.05, 0.1) is 6.10 Å². The largest absolute Gasteiger partial charge is 0.365 e. The van der Waals surface area contributed by atoms with Crippen LogP contribution in [0.25, 0.3) is 0 Å². The van der Waals surface area contributed by atoms with E-state index in [-0.39, 0.29) is 17.9 Å². The minimum absolute atomic E-state index is 0.0759. The third-order valence-corrected chi connectivity index (χ3v) is 4.98. The number of ether oxygens (including phenoxy) is 1. The van der Waals surface area contributed by atoms with Gasteiger partial charge in [0.2, 0.25) is 0 Å². The molecule has 7 heteroatoms. The molecule has 2 N–H and O–H groups in total. The number of fused-ring (bicyclic) bond motifs is 2. The van der Waals surface area contributed by atoms with Gasteiger partial charge >= 0.3 is 0 Å². The number of carbonyl (C=O) groups excluding carboxylic acids is 2. The molecule has 5 rings (SSSR count). The first-order chi connectivity index (χ1) is 11.6. The fraction of sp³-hybridized carbons (Fsp3) is 0.588. The van der Waals surface area contributed by atoms with Gasteiger partial charge in [-0.15, -0.1) is 0 Å². The zero-order valence-electron chi connectivity index (χ0n) is 13.7. The summed E-state index contributed by atoms with van der Waals surface area (Å²) >= 11 is 0. The van der Waals surface area contributed by atoms with Crippen LogP contribution < -0.4 is 10.6 Å². The van der Waals surface area contributed by atoms with Crippen LogP contribution in [0.4, 0.5) is 5.69 Å². The van der Waals surface area contributed by atoms with Crippen molar-refractivity contribution >= 4 is 17.5 Å². The number of piperidine rings is 1. The molecule has 1 aromatic heterocycles. The summed E-state index contributed by atoms with van der Waals surface area (Å²) in [5.41, 5.74) is 0.955. The molecule has 4 saturated heterocycles. The van der Waals surface area contributed by atoms with Gasteiger partial charge in [0.1, 0.15) is 11.8 Å². The van der Waals surface area contributed by atoms with Crippen LogP contribution in [0.2, 0.25) is 0 Å². The first kappa shape index (κ1) is 15.5. The summed E-state index contributed by atoms with van der Waals surface area (Å²) in [5.74, 6) is -0.236. The van der Waals surface area contributed by atoms with Gasteiger partial charge in [-0.1, -0.05) is 0 Å². The van der Waals surface area contributed by atoms with Gasteiger partial charge in [0, 0.05) is 37.1 Å². The van der Waals surface area contributed by atoms with Crippen molar-refractivity contribution < 1.29 is 14.3 Å². The highest BCUT2D eigenvalue weighted by Crippen LogP contribution is 2.23. The lowest BCUT2D eigenvalue weighted by Crippen LogP contribution is -2.67. The van der Waals surface area contributed by atoms with Crippen molar-refractivity contribution in [3.8, 4) is 0 Å². The number of nitrogens with zero attached hydrogens (tertiary/aromatic N) is 2. The van der Waals surface area contributed by atoms with E-state index in [2.05, 4.69) is 15.6 Å². The molecule has 2 amide bonds. The normalized spacial score (nSPS) is 31.5. The Morgan fingerprint density at radius 1 is 1.33 bits per heavy atom. The van der Waals surface area contributed by atoms with Crippen molar-refractivity contribution in [2.24, 2.45) is 0 Å². The third kappa shape index (κ3) is 3.01. The highest BCUT2D eigenvalue weighted by molar-refractivity contribution is 5.97. The highest BCUT2D eigenvalue weighted by Gasteiger charge is 2.38. The quantitative estimate of drug-likeness (QED) is 0.855. The lowest BCUT2D eigenvalue weighted by Gasteiger charge is -2.48. The predicted octanol–water partition coefficient (Wildman–Crippen LogP) is 0.774. The van der Waals surface area contributed by atoms with Crippen LogP contribution in [0, 0.1) is 0 Å². The van der Waals surface area contributed by atoms with Crippen LogP contribution in [0.15, 0.2) is 18.3 Å². The molecule has 0 spiro atoms. The second-order valence-corrected chi connectivity index (χ2v) is 6.94. The highest BCUT2D eigenvalue weighted by atomic mass is 16.5. The lowest BCUT2D eigenvalue weighted by molar-refractivity contribution is -0.126. The zero-order valence-corrected chi connectivity index (χ0v) is 13.7. The summed E-state index contributed by atoms with van der Waals surface area (Å²) in [6.07, 6.45) is 4.04. The fourth-order valence-corrected chi connectivity index (χ4v) is 3.68. The van der Waals surface area contributed by atoms with Crippen LogP contribution in [0.5, 0.6) is 0 Å². The lowest BCUT2D eigenvalue weighted by atomic mass is 9.91. The fourth-order valence-electron chi connectivity index (χ4n) is 3.68. The van der Waals surface area contributed by atoms with Crippen LogP contribution in [0.3, 0.4) is 0 Å². The van der Waals surface area contributed by atoms with E-state index in [4.69, 9.17) is 4.74 Å². The van der Waals surface area contributed by atoms with Gasteiger partial charge in [-0.25, -0.2) is 0 Å². The first-order valence-corrected chi connectivity index (χ1v) is 8.56. The number of aromatic nitrogens is 1. The van der Waals surface area contributed by atoms with Crippen molar-refractivity contribution in [2.45, 2.75) is 50.5 Å². The van der Waals surface area contributed by atoms with Crippen molar-refractivity contribution in [3.63, 3.8) is 0 Å². The Bertz CT molecular complexity index is 649. The Labute approximate surface area is 140 Å². The van der Waals surface area contributed by atoms with Crippen LogP contribution in [0.1, 0.15) is 36.7 Å². The van der Waals surface area contributed by atoms with Crippen molar-refractivity contribution in [2.75, 3.05) is 18.4 Å². The second-order valence-electron chi connectivity index (χ2n) is 6.94. The minimum Gasteiger partial charge on any atom is -0.365 e. The summed E-state index contributed by atoms with van der Waals surface area (Å²) in [7, 11) is 0. The Hall–Kier alpha value is -1.99.